The summed E-state index contributed by atoms with van der Waals surface area (Å²) in [5, 5.41) is 15.9. The van der Waals surface area contributed by atoms with Crippen molar-refractivity contribution >= 4 is 11.6 Å². The van der Waals surface area contributed by atoms with Gasteiger partial charge in [0.1, 0.15) is 17.1 Å². The number of rotatable bonds is 4. The standard InChI is InChI=1S/C24H20N4O4/c1-16-9-10-23(32-16)21-14-22(27(25-21)19-7-4-8-20(13-19)28(30)31)24(29)26-12-11-17-5-2-3-6-18(17)15-26/h2-10,13-14H,11-12,15H2,1H3. The first-order chi connectivity index (χ1) is 15.5. The number of aryl methyl sites for hydroxylation is 1. The summed E-state index contributed by atoms with van der Waals surface area (Å²) >= 11 is 0. The molecule has 32 heavy (non-hydrogen) atoms. The summed E-state index contributed by atoms with van der Waals surface area (Å²) in [6, 6.07) is 19.5. The van der Waals surface area contributed by atoms with Gasteiger partial charge in [0.05, 0.1) is 10.6 Å². The molecule has 1 aliphatic rings. The Morgan fingerprint density at radius 3 is 2.62 bits per heavy atom. The zero-order chi connectivity index (χ0) is 22.2. The minimum absolute atomic E-state index is 0.0707. The normalized spacial score (nSPS) is 13.1. The number of nitrogens with zero attached hydrogens (tertiary/aromatic N) is 4. The number of hydrogen-bond acceptors (Lipinski definition) is 5. The van der Waals surface area contributed by atoms with Gasteiger partial charge in [0, 0.05) is 31.3 Å². The molecule has 160 valence electrons. The van der Waals surface area contributed by atoms with Gasteiger partial charge < -0.3 is 9.32 Å². The van der Waals surface area contributed by atoms with E-state index in [0.717, 1.165) is 17.7 Å². The second-order valence-corrected chi connectivity index (χ2v) is 7.76. The first-order valence-corrected chi connectivity index (χ1v) is 10.3. The van der Waals surface area contributed by atoms with E-state index < -0.39 is 4.92 Å². The fourth-order valence-corrected chi connectivity index (χ4v) is 3.99. The van der Waals surface area contributed by atoms with Crippen molar-refractivity contribution in [1.82, 2.24) is 14.7 Å². The molecule has 5 rings (SSSR count). The van der Waals surface area contributed by atoms with Gasteiger partial charge >= 0.3 is 0 Å². The Labute approximate surface area is 183 Å². The lowest BCUT2D eigenvalue weighted by Crippen LogP contribution is -2.37. The van der Waals surface area contributed by atoms with E-state index in [1.54, 1.807) is 29.2 Å². The van der Waals surface area contributed by atoms with Crippen LogP contribution in [0.2, 0.25) is 0 Å². The third-order valence-corrected chi connectivity index (χ3v) is 5.62. The van der Waals surface area contributed by atoms with E-state index >= 15 is 0 Å². The SMILES string of the molecule is Cc1ccc(-c2cc(C(=O)N3CCc4ccccc4C3)n(-c3cccc([N+](=O)[O-])c3)n2)o1. The summed E-state index contributed by atoms with van der Waals surface area (Å²) in [6.45, 7) is 2.92. The molecular formula is C24H20N4O4. The number of carbonyl (C=O) groups excluding carboxylic acids is 1. The summed E-state index contributed by atoms with van der Waals surface area (Å²) in [5.41, 5.74) is 3.55. The van der Waals surface area contributed by atoms with E-state index in [-0.39, 0.29) is 11.6 Å². The number of nitro benzene ring substituents is 1. The van der Waals surface area contributed by atoms with Crippen LogP contribution >= 0.6 is 0 Å². The maximum Gasteiger partial charge on any atom is 0.272 e. The molecule has 4 aromatic rings. The quantitative estimate of drug-likeness (QED) is 0.351. The van der Waals surface area contributed by atoms with Crippen molar-refractivity contribution in [2.24, 2.45) is 0 Å². The summed E-state index contributed by atoms with van der Waals surface area (Å²) in [4.78, 5) is 26.2. The molecule has 2 aromatic carbocycles. The van der Waals surface area contributed by atoms with Crippen LogP contribution in [0.1, 0.15) is 27.4 Å². The van der Waals surface area contributed by atoms with Gasteiger partial charge in [-0.15, -0.1) is 0 Å². The lowest BCUT2D eigenvalue weighted by Gasteiger charge is -2.28. The van der Waals surface area contributed by atoms with Crippen molar-refractivity contribution in [3.63, 3.8) is 0 Å². The average molecular weight is 428 g/mol. The van der Waals surface area contributed by atoms with E-state index in [0.29, 0.717) is 35.9 Å². The van der Waals surface area contributed by atoms with Gasteiger partial charge in [-0.05, 0) is 42.7 Å². The van der Waals surface area contributed by atoms with Gasteiger partial charge in [0.25, 0.3) is 11.6 Å². The van der Waals surface area contributed by atoms with Crippen molar-refractivity contribution in [2.75, 3.05) is 6.54 Å². The van der Waals surface area contributed by atoms with Crippen LogP contribution in [0.3, 0.4) is 0 Å². The van der Waals surface area contributed by atoms with Crippen molar-refractivity contribution in [3.8, 4) is 17.1 Å². The summed E-state index contributed by atoms with van der Waals surface area (Å²) in [7, 11) is 0. The highest BCUT2D eigenvalue weighted by atomic mass is 16.6. The highest BCUT2D eigenvalue weighted by molar-refractivity contribution is 5.94. The average Bonchev–Trinajstić information content (AvgIpc) is 3.45. The summed E-state index contributed by atoms with van der Waals surface area (Å²) in [5.74, 6) is 1.07. The third-order valence-electron chi connectivity index (χ3n) is 5.62. The third kappa shape index (κ3) is 3.56. The first-order valence-electron chi connectivity index (χ1n) is 10.3. The number of carbonyl (C=O) groups is 1. The molecule has 0 radical (unpaired) electrons. The molecule has 0 saturated heterocycles. The second kappa shape index (κ2) is 7.81. The molecule has 3 heterocycles. The van der Waals surface area contributed by atoms with Gasteiger partial charge in [0.2, 0.25) is 0 Å². The van der Waals surface area contributed by atoms with Crippen LogP contribution in [0.15, 0.2) is 71.1 Å². The van der Waals surface area contributed by atoms with Crippen molar-refractivity contribution in [2.45, 2.75) is 19.9 Å². The van der Waals surface area contributed by atoms with Crippen molar-refractivity contribution < 1.29 is 14.1 Å². The zero-order valence-corrected chi connectivity index (χ0v) is 17.4. The van der Waals surface area contributed by atoms with Crippen LogP contribution in [0.4, 0.5) is 5.69 Å². The first kappa shape index (κ1) is 19.7. The monoisotopic (exact) mass is 428 g/mol. The number of hydrogen-bond donors (Lipinski definition) is 0. The molecule has 8 nitrogen and oxygen atoms in total. The minimum Gasteiger partial charge on any atom is -0.460 e. The molecule has 8 heteroatoms. The molecule has 0 aliphatic carbocycles. The Hall–Kier alpha value is -4.20. The van der Waals surface area contributed by atoms with E-state index in [1.165, 1.54) is 22.4 Å². The second-order valence-electron chi connectivity index (χ2n) is 7.76. The number of furan rings is 1. The Balaban J connectivity index is 1.57. The number of fused-ring (bicyclic) bond motifs is 1. The molecule has 0 bridgehead atoms. The molecular weight excluding hydrogens is 408 g/mol. The number of benzene rings is 2. The Morgan fingerprint density at radius 2 is 1.88 bits per heavy atom. The molecule has 0 atom stereocenters. The van der Waals surface area contributed by atoms with E-state index in [2.05, 4.69) is 11.2 Å². The van der Waals surface area contributed by atoms with Gasteiger partial charge in [-0.3, -0.25) is 14.9 Å². The molecule has 0 saturated carbocycles. The van der Waals surface area contributed by atoms with Crippen LogP contribution in [0, 0.1) is 17.0 Å². The molecule has 2 aromatic heterocycles. The number of nitro groups is 1. The minimum atomic E-state index is -0.465. The fourth-order valence-electron chi connectivity index (χ4n) is 3.99. The van der Waals surface area contributed by atoms with Gasteiger partial charge in [0.15, 0.2) is 5.76 Å². The largest absolute Gasteiger partial charge is 0.460 e. The molecule has 1 aliphatic heterocycles. The number of non-ortho nitro benzene ring substituents is 1. The van der Waals surface area contributed by atoms with Crippen LogP contribution < -0.4 is 0 Å². The zero-order valence-electron chi connectivity index (χ0n) is 17.4. The Bertz CT molecular complexity index is 1340. The van der Waals surface area contributed by atoms with Gasteiger partial charge in [-0.25, -0.2) is 4.68 Å². The summed E-state index contributed by atoms with van der Waals surface area (Å²) in [6.07, 6.45) is 0.775. The fraction of sp³-hybridized carbons (Fsp3) is 0.167. The lowest BCUT2D eigenvalue weighted by atomic mass is 10.00. The highest BCUT2D eigenvalue weighted by Crippen LogP contribution is 2.27. The van der Waals surface area contributed by atoms with E-state index in [1.807, 2.05) is 31.2 Å². The van der Waals surface area contributed by atoms with Crippen LogP contribution in [0.5, 0.6) is 0 Å². The lowest BCUT2D eigenvalue weighted by molar-refractivity contribution is -0.384. The molecule has 0 N–H and O–H groups in total. The maximum atomic E-state index is 13.6. The Morgan fingerprint density at radius 1 is 1.06 bits per heavy atom. The van der Waals surface area contributed by atoms with Crippen LogP contribution in [0.25, 0.3) is 17.1 Å². The van der Waals surface area contributed by atoms with E-state index in [9.17, 15) is 14.9 Å². The van der Waals surface area contributed by atoms with Gasteiger partial charge in [-0.2, -0.15) is 5.10 Å². The van der Waals surface area contributed by atoms with E-state index in [4.69, 9.17) is 4.42 Å². The molecule has 1 amide bonds. The molecule has 0 spiro atoms. The predicted molar refractivity (Wildman–Crippen MR) is 118 cm³/mol. The molecule has 0 fully saturated rings. The number of amides is 1. The highest BCUT2D eigenvalue weighted by Gasteiger charge is 2.27. The number of aromatic nitrogens is 2. The van der Waals surface area contributed by atoms with Crippen LogP contribution in [-0.4, -0.2) is 32.1 Å². The van der Waals surface area contributed by atoms with Crippen molar-refractivity contribution in [1.29, 1.82) is 0 Å². The topological polar surface area (TPSA) is 94.4 Å². The Kier molecular flexibility index (Phi) is 4.82. The summed E-state index contributed by atoms with van der Waals surface area (Å²) < 4.78 is 7.16. The molecule has 0 unspecified atom stereocenters. The maximum absolute atomic E-state index is 13.6. The predicted octanol–water partition coefficient (Wildman–Crippen LogP) is 4.55. The van der Waals surface area contributed by atoms with Crippen LogP contribution in [-0.2, 0) is 13.0 Å². The van der Waals surface area contributed by atoms with Crippen molar-refractivity contribution in [3.05, 3.63) is 99.4 Å². The van der Waals surface area contributed by atoms with Gasteiger partial charge in [-0.1, -0.05) is 30.3 Å². The smallest absolute Gasteiger partial charge is 0.272 e.